The van der Waals surface area contributed by atoms with E-state index in [1.54, 1.807) is 0 Å². The van der Waals surface area contributed by atoms with Crippen molar-refractivity contribution in [1.82, 2.24) is 35.1 Å². The summed E-state index contributed by atoms with van der Waals surface area (Å²) in [6, 6.07) is 13.1. The summed E-state index contributed by atoms with van der Waals surface area (Å²) >= 11 is 3.67. The van der Waals surface area contributed by atoms with Gasteiger partial charge in [0, 0.05) is 35.7 Å². The molecule has 0 radical (unpaired) electrons. The summed E-state index contributed by atoms with van der Waals surface area (Å²) in [5.41, 5.74) is 5.71. The van der Waals surface area contributed by atoms with E-state index in [1.807, 2.05) is 68.1 Å². The number of imidazole rings is 2. The van der Waals surface area contributed by atoms with E-state index in [0.717, 1.165) is 77.3 Å². The van der Waals surface area contributed by atoms with Crippen LogP contribution in [-0.4, -0.2) is 73.9 Å². The average Bonchev–Trinajstić information content (AvgIpc) is 3.84. The molecule has 2 spiro atoms. The number of hydrogen-bond donors (Lipinski definition) is 3. The zero-order valence-electron chi connectivity index (χ0n) is 32.5. The molecule has 3 N–H and O–H groups in total. The highest BCUT2D eigenvalue weighted by atomic mass is 79.9. The van der Waals surface area contributed by atoms with Gasteiger partial charge in [-0.3, -0.25) is 9.59 Å². The second kappa shape index (κ2) is 14.1. The number of amides is 3. The van der Waals surface area contributed by atoms with Gasteiger partial charge in [-0.05, 0) is 107 Å². The van der Waals surface area contributed by atoms with Gasteiger partial charge in [0.05, 0.1) is 35.9 Å². The summed E-state index contributed by atoms with van der Waals surface area (Å²) in [7, 11) is 1.30. The van der Waals surface area contributed by atoms with Crippen molar-refractivity contribution in [2.45, 2.75) is 91.3 Å². The largest absolute Gasteiger partial charge is 0.453 e. The number of nitrogens with zero attached hydrogens (tertiary/aromatic N) is 4. The van der Waals surface area contributed by atoms with Gasteiger partial charge in [-0.15, -0.1) is 0 Å². The van der Waals surface area contributed by atoms with Crippen LogP contribution in [0, 0.1) is 40.4 Å². The number of aromatic amines is 2. The lowest BCUT2D eigenvalue weighted by molar-refractivity contribution is -0.137. The van der Waals surface area contributed by atoms with Crippen molar-refractivity contribution in [1.29, 1.82) is 0 Å². The van der Waals surface area contributed by atoms with Crippen LogP contribution in [-0.2, 0) is 14.3 Å². The minimum Gasteiger partial charge on any atom is -0.453 e. The van der Waals surface area contributed by atoms with Gasteiger partial charge in [-0.2, -0.15) is 0 Å². The van der Waals surface area contributed by atoms with Gasteiger partial charge < -0.3 is 29.8 Å². The Morgan fingerprint density at radius 3 is 1.98 bits per heavy atom. The first kappa shape index (κ1) is 37.3. The van der Waals surface area contributed by atoms with Crippen LogP contribution in [0.4, 0.5) is 4.79 Å². The number of halogens is 1. The molecule has 288 valence electrons. The van der Waals surface area contributed by atoms with Crippen molar-refractivity contribution in [3.05, 3.63) is 69.8 Å². The van der Waals surface area contributed by atoms with E-state index in [4.69, 9.17) is 14.7 Å². The molecule has 3 amide bonds. The molecule has 0 bridgehead atoms. The smallest absolute Gasteiger partial charge is 0.407 e. The zero-order valence-corrected chi connectivity index (χ0v) is 34.0. The molecule has 8 rings (SSSR count). The third-order valence-electron chi connectivity index (χ3n) is 12.6. The lowest BCUT2D eigenvalue weighted by Gasteiger charge is -2.30. The van der Waals surface area contributed by atoms with Crippen molar-refractivity contribution in [3.8, 4) is 23.1 Å². The highest BCUT2D eigenvalue weighted by Crippen LogP contribution is 2.59. The normalized spacial score (nSPS) is 21.6. The predicted molar refractivity (Wildman–Crippen MR) is 213 cm³/mol. The number of nitrogens with one attached hydrogen (secondary N) is 3. The van der Waals surface area contributed by atoms with E-state index in [9.17, 15) is 14.4 Å². The van der Waals surface area contributed by atoms with E-state index in [2.05, 4.69) is 61.8 Å². The lowest BCUT2D eigenvalue weighted by atomic mass is 9.96. The number of benzene rings is 2. The Balaban J connectivity index is 0.977. The number of likely N-dealkylation sites (tertiary alicyclic amines) is 2. The number of rotatable bonds is 8. The van der Waals surface area contributed by atoms with E-state index in [0.29, 0.717) is 17.1 Å². The maximum Gasteiger partial charge on any atom is 0.407 e. The molecule has 4 aliphatic rings. The summed E-state index contributed by atoms with van der Waals surface area (Å²) in [6.45, 7) is 11.6. The summed E-state index contributed by atoms with van der Waals surface area (Å²) in [5.74, 6) is 8.50. The summed E-state index contributed by atoms with van der Waals surface area (Å²) in [4.78, 5) is 60.4. The maximum absolute atomic E-state index is 13.9. The molecule has 2 aromatic heterocycles. The number of aromatic nitrogens is 4. The van der Waals surface area contributed by atoms with Crippen LogP contribution in [0.3, 0.4) is 0 Å². The van der Waals surface area contributed by atoms with E-state index < -0.39 is 12.1 Å². The van der Waals surface area contributed by atoms with Gasteiger partial charge in [0.1, 0.15) is 22.3 Å². The monoisotopic (exact) mass is 807 g/mol. The number of alkyl carbamates (subject to hydrolysis) is 1. The third kappa shape index (κ3) is 7.28. The third-order valence-corrected chi connectivity index (χ3v) is 13.2. The molecule has 2 aliphatic heterocycles. The van der Waals surface area contributed by atoms with Crippen LogP contribution < -0.4 is 5.32 Å². The number of methoxy groups -OCH3 is 1. The van der Waals surface area contributed by atoms with Crippen LogP contribution in [0.5, 0.6) is 0 Å². The molecule has 4 fully saturated rings. The quantitative estimate of drug-likeness (QED) is 0.155. The SMILES string of the molecule is COC(=O)N[C@H](C(=O)N1CC2(CC2)C[C@H]1c1nc(Br)c(-c2ccc(C#Cc3ccc4nc([C@@H]5CC6(CC6)CN5C(=O)[C@@H](C)C(C)C)[nH]c4c3)cc2)[nH]1)C(C)C. The Labute approximate surface area is 330 Å². The van der Waals surface area contributed by atoms with Gasteiger partial charge in [0.15, 0.2) is 0 Å². The highest BCUT2D eigenvalue weighted by molar-refractivity contribution is 9.10. The number of H-pyrrole nitrogens is 2. The molecule has 2 saturated heterocycles. The van der Waals surface area contributed by atoms with Crippen molar-refractivity contribution in [3.63, 3.8) is 0 Å². The number of carbonyl (C=O) groups is 3. The first-order chi connectivity index (χ1) is 26.3. The van der Waals surface area contributed by atoms with Crippen molar-refractivity contribution in [2.75, 3.05) is 20.2 Å². The Hall–Kier alpha value is -4.63. The molecular weight excluding hydrogens is 758 g/mol. The fourth-order valence-electron chi connectivity index (χ4n) is 8.42. The predicted octanol–water partition coefficient (Wildman–Crippen LogP) is 7.90. The minimum atomic E-state index is -0.692. The topological polar surface area (TPSA) is 136 Å². The van der Waals surface area contributed by atoms with E-state index in [1.165, 1.54) is 20.0 Å². The molecule has 12 heteroatoms. The lowest BCUT2D eigenvalue weighted by Crippen LogP contribution is -2.51. The zero-order chi connectivity index (χ0) is 38.8. The Morgan fingerprint density at radius 1 is 0.818 bits per heavy atom. The molecule has 2 aliphatic carbocycles. The first-order valence-electron chi connectivity index (χ1n) is 19.6. The second-order valence-electron chi connectivity index (χ2n) is 17.2. The van der Waals surface area contributed by atoms with Gasteiger partial charge in [0.2, 0.25) is 11.8 Å². The molecular formula is C43H50BrN7O4. The Bertz CT molecular complexity index is 2200. The van der Waals surface area contributed by atoms with Gasteiger partial charge >= 0.3 is 6.09 Å². The molecule has 0 unspecified atom stereocenters. The van der Waals surface area contributed by atoms with Crippen LogP contribution in [0.15, 0.2) is 47.1 Å². The molecule has 4 heterocycles. The molecule has 4 aromatic rings. The van der Waals surface area contributed by atoms with Gasteiger partial charge in [0.25, 0.3) is 0 Å². The van der Waals surface area contributed by atoms with Crippen LogP contribution in [0.2, 0.25) is 0 Å². The number of ether oxygens (including phenoxy) is 1. The molecule has 11 nitrogen and oxygen atoms in total. The standard InChI is InChI=1S/C43H50BrN7O4/c1-24(2)26(5)39(52)50-22-42(15-16-42)20-32(50)37-45-30-14-11-28(19-31(30)46-37)8-7-27-9-12-29(13-10-27)35-36(44)49-38(47-35)33-21-43(17-18-43)23-51(33)40(53)34(25(3)4)48-41(54)55-6/h9-14,19,24-26,32-34H,15-18,20-23H2,1-6H3,(H,45,46)(H,47,49)(H,48,54)/t26-,32-,33-,34-/m0/s1. The van der Waals surface area contributed by atoms with Crippen molar-refractivity contribution < 1.29 is 19.1 Å². The number of fused-ring (bicyclic) bond motifs is 1. The Morgan fingerprint density at radius 2 is 1.40 bits per heavy atom. The second-order valence-corrected chi connectivity index (χ2v) is 18.0. The van der Waals surface area contributed by atoms with E-state index >= 15 is 0 Å². The summed E-state index contributed by atoms with van der Waals surface area (Å²) in [5, 5.41) is 2.75. The van der Waals surface area contributed by atoms with Gasteiger partial charge in [-0.1, -0.05) is 58.6 Å². The van der Waals surface area contributed by atoms with Crippen LogP contribution in [0.25, 0.3) is 22.3 Å². The average molecular weight is 809 g/mol. The maximum atomic E-state index is 13.9. The molecule has 2 aromatic carbocycles. The number of hydrogen-bond acceptors (Lipinski definition) is 6. The van der Waals surface area contributed by atoms with E-state index in [-0.39, 0.29) is 46.6 Å². The van der Waals surface area contributed by atoms with Gasteiger partial charge in [-0.25, -0.2) is 14.8 Å². The number of carbonyl (C=O) groups excluding carboxylic acids is 3. The van der Waals surface area contributed by atoms with Crippen molar-refractivity contribution >= 4 is 44.9 Å². The van der Waals surface area contributed by atoms with Crippen molar-refractivity contribution in [2.24, 2.45) is 28.6 Å². The highest BCUT2D eigenvalue weighted by Gasteiger charge is 2.56. The molecule has 2 saturated carbocycles. The fraction of sp³-hybridized carbons (Fsp3) is 0.512. The summed E-state index contributed by atoms with van der Waals surface area (Å²) in [6.07, 6.45) is 5.72. The molecule has 55 heavy (non-hydrogen) atoms. The van der Waals surface area contributed by atoms with Crippen LogP contribution in [0.1, 0.15) is 108 Å². The first-order valence-corrected chi connectivity index (χ1v) is 20.4. The van der Waals surface area contributed by atoms with Crippen LogP contribution >= 0.6 is 15.9 Å². The molecule has 4 atom stereocenters. The summed E-state index contributed by atoms with van der Waals surface area (Å²) < 4.78 is 5.49. The fourth-order valence-corrected chi connectivity index (χ4v) is 8.93. The minimum absolute atomic E-state index is 0.0212. The Kier molecular flexibility index (Phi) is 9.59.